The SMILES string of the molecule is CC(C)NC(=O)C(C)NC(=O)CC1CNc2ccccc21. The topological polar surface area (TPSA) is 70.2 Å². The molecule has 0 saturated heterocycles. The van der Waals surface area contributed by atoms with Gasteiger partial charge in [-0.1, -0.05) is 18.2 Å². The molecule has 2 unspecified atom stereocenters. The molecule has 0 saturated carbocycles. The summed E-state index contributed by atoms with van der Waals surface area (Å²) >= 11 is 0. The van der Waals surface area contributed by atoms with Crippen molar-refractivity contribution in [3.05, 3.63) is 29.8 Å². The normalized spacial score (nSPS) is 17.8. The van der Waals surface area contributed by atoms with Crippen molar-refractivity contribution in [1.29, 1.82) is 0 Å². The summed E-state index contributed by atoms with van der Waals surface area (Å²) in [5, 5.41) is 8.85. The van der Waals surface area contributed by atoms with Crippen molar-refractivity contribution in [3.63, 3.8) is 0 Å². The molecule has 21 heavy (non-hydrogen) atoms. The Hall–Kier alpha value is -2.04. The summed E-state index contributed by atoms with van der Waals surface area (Å²) in [6, 6.07) is 7.59. The summed E-state index contributed by atoms with van der Waals surface area (Å²) in [6.07, 6.45) is 0.392. The number of rotatable bonds is 5. The van der Waals surface area contributed by atoms with Crippen molar-refractivity contribution >= 4 is 17.5 Å². The number of benzene rings is 1. The molecule has 0 aliphatic carbocycles. The third-order valence-electron chi connectivity index (χ3n) is 3.57. The lowest BCUT2D eigenvalue weighted by atomic mass is 9.97. The molecular weight excluding hydrogens is 266 g/mol. The fraction of sp³-hybridized carbons (Fsp3) is 0.500. The van der Waals surface area contributed by atoms with Crippen LogP contribution < -0.4 is 16.0 Å². The highest BCUT2D eigenvalue weighted by molar-refractivity contribution is 5.87. The molecule has 0 fully saturated rings. The van der Waals surface area contributed by atoms with E-state index in [9.17, 15) is 9.59 Å². The molecule has 114 valence electrons. The standard InChI is InChI=1S/C16H23N3O2/c1-10(2)18-16(21)11(3)19-15(20)8-12-9-17-14-7-5-4-6-13(12)14/h4-7,10-12,17H,8-9H2,1-3H3,(H,18,21)(H,19,20). The highest BCUT2D eigenvalue weighted by atomic mass is 16.2. The second kappa shape index (κ2) is 6.61. The maximum atomic E-state index is 12.1. The number of fused-ring (bicyclic) bond motifs is 1. The minimum Gasteiger partial charge on any atom is -0.384 e. The van der Waals surface area contributed by atoms with Gasteiger partial charge < -0.3 is 16.0 Å². The smallest absolute Gasteiger partial charge is 0.242 e. The van der Waals surface area contributed by atoms with Crippen molar-refractivity contribution in [2.24, 2.45) is 0 Å². The lowest BCUT2D eigenvalue weighted by Gasteiger charge is -2.17. The fourth-order valence-corrected chi connectivity index (χ4v) is 2.54. The average molecular weight is 289 g/mol. The van der Waals surface area contributed by atoms with E-state index in [1.54, 1.807) is 6.92 Å². The summed E-state index contributed by atoms with van der Waals surface area (Å²) in [7, 11) is 0. The van der Waals surface area contributed by atoms with Gasteiger partial charge in [0.15, 0.2) is 0 Å². The summed E-state index contributed by atoms with van der Waals surface area (Å²) in [5.74, 6) is -0.0743. The number of hydrogen-bond donors (Lipinski definition) is 3. The van der Waals surface area contributed by atoms with E-state index in [1.165, 1.54) is 5.56 Å². The van der Waals surface area contributed by atoms with Crippen molar-refractivity contribution < 1.29 is 9.59 Å². The Bertz CT molecular complexity index is 528. The first-order chi connectivity index (χ1) is 9.97. The molecule has 0 bridgehead atoms. The van der Waals surface area contributed by atoms with Crippen molar-refractivity contribution in [2.45, 2.75) is 45.2 Å². The molecule has 5 nitrogen and oxygen atoms in total. The number of carbonyl (C=O) groups is 2. The van der Waals surface area contributed by atoms with E-state index in [0.717, 1.165) is 12.2 Å². The van der Waals surface area contributed by atoms with E-state index in [2.05, 4.69) is 16.0 Å². The van der Waals surface area contributed by atoms with Crippen molar-refractivity contribution in [2.75, 3.05) is 11.9 Å². The minimum atomic E-state index is -0.510. The van der Waals surface area contributed by atoms with Crippen molar-refractivity contribution in [1.82, 2.24) is 10.6 Å². The molecule has 2 atom stereocenters. The first-order valence-corrected chi connectivity index (χ1v) is 7.40. The van der Waals surface area contributed by atoms with Gasteiger partial charge in [0.05, 0.1) is 0 Å². The van der Waals surface area contributed by atoms with E-state index < -0.39 is 6.04 Å². The molecular formula is C16H23N3O2. The van der Waals surface area contributed by atoms with Gasteiger partial charge >= 0.3 is 0 Å². The molecule has 0 radical (unpaired) electrons. The zero-order valence-corrected chi connectivity index (χ0v) is 12.8. The van der Waals surface area contributed by atoms with Crippen LogP contribution in [0.25, 0.3) is 0 Å². The van der Waals surface area contributed by atoms with E-state index in [4.69, 9.17) is 0 Å². The Morgan fingerprint density at radius 2 is 1.95 bits per heavy atom. The lowest BCUT2D eigenvalue weighted by molar-refractivity contribution is -0.129. The van der Waals surface area contributed by atoms with Gasteiger partial charge in [-0.05, 0) is 32.4 Å². The van der Waals surface area contributed by atoms with Gasteiger partial charge in [0.1, 0.15) is 6.04 Å². The Morgan fingerprint density at radius 1 is 1.24 bits per heavy atom. The summed E-state index contributed by atoms with van der Waals surface area (Å²) in [6.45, 7) is 6.26. The maximum absolute atomic E-state index is 12.1. The number of amides is 2. The van der Waals surface area contributed by atoms with Crippen LogP contribution in [0.3, 0.4) is 0 Å². The van der Waals surface area contributed by atoms with E-state index >= 15 is 0 Å². The van der Waals surface area contributed by atoms with Crippen molar-refractivity contribution in [3.8, 4) is 0 Å². The molecule has 0 spiro atoms. The van der Waals surface area contributed by atoms with Gasteiger partial charge in [-0.15, -0.1) is 0 Å². The lowest BCUT2D eigenvalue weighted by Crippen LogP contribution is -2.47. The molecule has 5 heteroatoms. The highest BCUT2D eigenvalue weighted by Gasteiger charge is 2.25. The Balaban J connectivity index is 1.87. The molecule has 1 aliphatic rings. The second-order valence-electron chi connectivity index (χ2n) is 5.82. The molecule has 2 amide bonds. The fourth-order valence-electron chi connectivity index (χ4n) is 2.54. The van der Waals surface area contributed by atoms with Crippen LogP contribution in [0.5, 0.6) is 0 Å². The van der Waals surface area contributed by atoms with Crippen LogP contribution in [0.15, 0.2) is 24.3 Å². The van der Waals surface area contributed by atoms with Gasteiger partial charge in [-0.2, -0.15) is 0 Å². The van der Waals surface area contributed by atoms with Gasteiger partial charge in [-0.3, -0.25) is 9.59 Å². The van der Waals surface area contributed by atoms with Gasteiger partial charge in [-0.25, -0.2) is 0 Å². The number of nitrogens with one attached hydrogen (secondary N) is 3. The third-order valence-corrected chi connectivity index (χ3v) is 3.57. The third kappa shape index (κ3) is 3.97. The quantitative estimate of drug-likeness (QED) is 0.771. The van der Waals surface area contributed by atoms with E-state index in [-0.39, 0.29) is 23.8 Å². The Labute approximate surface area is 125 Å². The monoisotopic (exact) mass is 289 g/mol. The average Bonchev–Trinajstić information content (AvgIpc) is 2.81. The van der Waals surface area contributed by atoms with Crippen LogP contribution in [0.1, 0.15) is 38.7 Å². The Kier molecular flexibility index (Phi) is 4.83. The molecule has 1 heterocycles. The zero-order chi connectivity index (χ0) is 15.4. The minimum absolute atomic E-state index is 0.0720. The Morgan fingerprint density at radius 3 is 2.67 bits per heavy atom. The van der Waals surface area contributed by atoms with Gasteiger partial charge in [0, 0.05) is 30.6 Å². The summed E-state index contributed by atoms with van der Waals surface area (Å²) in [5.41, 5.74) is 2.27. The second-order valence-corrected chi connectivity index (χ2v) is 5.82. The van der Waals surface area contributed by atoms with E-state index in [1.807, 2.05) is 38.1 Å². The largest absolute Gasteiger partial charge is 0.384 e. The molecule has 1 aromatic rings. The predicted molar refractivity (Wildman–Crippen MR) is 83.2 cm³/mol. The van der Waals surface area contributed by atoms with Crippen LogP contribution in [0.2, 0.25) is 0 Å². The molecule has 3 N–H and O–H groups in total. The van der Waals surface area contributed by atoms with Crippen LogP contribution in [0, 0.1) is 0 Å². The predicted octanol–water partition coefficient (Wildman–Crippen LogP) is 1.62. The highest BCUT2D eigenvalue weighted by Crippen LogP contribution is 2.32. The first kappa shape index (κ1) is 15.4. The number of anilines is 1. The van der Waals surface area contributed by atoms with Crippen LogP contribution in [-0.2, 0) is 9.59 Å². The summed E-state index contributed by atoms with van der Waals surface area (Å²) in [4.78, 5) is 23.9. The van der Waals surface area contributed by atoms with Gasteiger partial charge in [0.2, 0.25) is 11.8 Å². The van der Waals surface area contributed by atoms with Gasteiger partial charge in [0.25, 0.3) is 0 Å². The van der Waals surface area contributed by atoms with Crippen LogP contribution >= 0.6 is 0 Å². The zero-order valence-electron chi connectivity index (χ0n) is 12.8. The molecule has 2 rings (SSSR count). The number of hydrogen-bond acceptors (Lipinski definition) is 3. The maximum Gasteiger partial charge on any atom is 0.242 e. The van der Waals surface area contributed by atoms with Crippen LogP contribution in [-0.4, -0.2) is 30.4 Å². The number of para-hydroxylation sites is 1. The number of carbonyl (C=O) groups excluding carboxylic acids is 2. The van der Waals surface area contributed by atoms with E-state index in [0.29, 0.717) is 6.42 Å². The first-order valence-electron chi connectivity index (χ1n) is 7.40. The molecule has 0 aromatic heterocycles. The summed E-state index contributed by atoms with van der Waals surface area (Å²) < 4.78 is 0. The molecule has 1 aliphatic heterocycles. The molecule has 1 aromatic carbocycles. The van der Waals surface area contributed by atoms with Crippen LogP contribution in [0.4, 0.5) is 5.69 Å².